The van der Waals surface area contributed by atoms with Crippen molar-refractivity contribution in [2.45, 2.75) is 44.2 Å². The summed E-state index contributed by atoms with van der Waals surface area (Å²) in [5.74, 6) is 6.32. The van der Waals surface area contributed by atoms with Gasteiger partial charge in [0.1, 0.15) is 0 Å². The number of hydrogen-bond acceptors (Lipinski definition) is 3. The largest absolute Gasteiger partial charge is 0.314 e. The maximum absolute atomic E-state index is 5.53. The molecule has 3 nitrogen and oxygen atoms in total. The molecule has 0 amide bonds. The summed E-state index contributed by atoms with van der Waals surface area (Å²) >= 11 is 0. The standard InChI is InChI=1S/C9H19N3/c10-12-9-5-6-11-8-4-2-1-3-7(8)9/h7-9,11-12H,1-6,10H2/t7-,8+,9+/m0/s1. The summed E-state index contributed by atoms with van der Waals surface area (Å²) < 4.78 is 0. The van der Waals surface area contributed by atoms with Crippen molar-refractivity contribution in [3.05, 3.63) is 0 Å². The minimum Gasteiger partial charge on any atom is -0.314 e. The van der Waals surface area contributed by atoms with Crippen molar-refractivity contribution in [2.24, 2.45) is 11.8 Å². The van der Waals surface area contributed by atoms with Crippen LogP contribution in [0.1, 0.15) is 32.1 Å². The van der Waals surface area contributed by atoms with Crippen LogP contribution in [0, 0.1) is 5.92 Å². The molecule has 70 valence electrons. The summed E-state index contributed by atoms with van der Waals surface area (Å²) in [5, 5.41) is 3.59. The van der Waals surface area contributed by atoms with Gasteiger partial charge in [-0.2, -0.15) is 0 Å². The normalized spacial score (nSPS) is 42.2. The van der Waals surface area contributed by atoms with Crippen LogP contribution in [0.4, 0.5) is 0 Å². The fourth-order valence-electron chi connectivity index (χ4n) is 2.74. The predicted octanol–water partition coefficient (Wildman–Crippen LogP) is 0.370. The maximum Gasteiger partial charge on any atom is 0.0265 e. The number of fused-ring (bicyclic) bond motifs is 1. The molecule has 0 aromatic rings. The van der Waals surface area contributed by atoms with Crippen molar-refractivity contribution < 1.29 is 0 Å². The molecule has 0 radical (unpaired) electrons. The van der Waals surface area contributed by atoms with E-state index in [1.54, 1.807) is 0 Å². The topological polar surface area (TPSA) is 50.1 Å². The van der Waals surface area contributed by atoms with Gasteiger partial charge in [0, 0.05) is 12.1 Å². The van der Waals surface area contributed by atoms with E-state index in [0.29, 0.717) is 6.04 Å². The highest BCUT2D eigenvalue weighted by atomic mass is 15.2. The van der Waals surface area contributed by atoms with E-state index in [1.807, 2.05) is 0 Å². The minimum absolute atomic E-state index is 0.566. The Morgan fingerprint density at radius 3 is 2.83 bits per heavy atom. The van der Waals surface area contributed by atoms with Crippen LogP contribution in [-0.4, -0.2) is 18.6 Å². The summed E-state index contributed by atoms with van der Waals surface area (Å²) in [5.41, 5.74) is 2.96. The fraction of sp³-hybridized carbons (Fsp3) is 1.00. The first-order chi connectivity index (χ1) is 5.92. The van der Waals surface area contributed by atoms with Crippen molar-refractivity contribution >= 4 is 0 Å². The van der Waals surface area contributed by atoms with E-state index in [1.165, 1.54) is 32.1 Å². The zero-order valence-electron chi connectivity index (χ0n) is 7.55. The Balaban J connectivity index is 1.99. The lowest BCUT2D eigenvalue weighted by Crippen LogP contribution is -2.56. The molecule has 1 saturated heterocycles. The van der Waals surface area contributed by atoms with Gasteiger partial charge in [-0.3, -0.25) is 11.3 Å². The number of piperidine rings is 1. The molecule has 4 N–H and O–H groups in total. The fourth-order valence-corrected chi connectivity index (χ4v) is 2.74. The van der Waals surface area contributed by atoms with Gasteiger partial charge in [0.2, 0.25) is 0 Å². The molecule has 0 aromatic carbocycles. The highest BCUT2D eigenvalue weighted by Gasteiger charge is 2.33. The van der Waals surface area contributed by atoms with Gasteiger partial charge in [-0.15, -0.1) is 0 Å². The molecule has 0 aromatic heterocycles. The van der Waals surface area contributed by atoms with Crippen LogP contribution in [0.5, 0.6) is 0 Å². The summed E-state index contributed by atoms with van der Waals surface area (Å²) in [7, 11) is 0. The van der Waals surface area contributed by atoms with E-state index in [2.05, 4.69) is 10.7 Å². The smallest absolute Gasteiger partial charge is 0.0265 e. The van der Waals surface area contributed by atoms with Crippen LogP contribution in [0.3, 0.4) is 0 Å². The number of nitrogens with two attached hydrogens (primary N) is 1. The lowest BCUT2D eigenvalue weighted by Gasteiger charge is -2.41. The molecular formula is C9H19N3. The number of hydrazine groups is 1. The third-order valence-electron chi connectivity index (χ3n) is 3.41. The molecule has 0 spiro atoms. The molecule has 2 fully saturated rings. The van der Waals surface area contributed by atoms with Gasteiger partial charge in [-0.25, -0.2) is 0 Å². The van der Waals surface area contributed by atoms with E-state index < -0.39 is 0 Å². The van der Waals surface area contributed by atoms with Gasteiger partial charge in [-0.05, 0) is 31.7 Å². The molecule has 1 aliphatic carbocycles. The Labute approximate surface area is 74.1 Å². The van der Waals surface area contributed by atoms with Gasteiger partial charge in [0.25, 0.3) is 0 Å². The van der Waals surface area contributed by atoms with E-state index in [0.717, 1.165) is 18.5 Å². The molecule has 0 bridgehead atoms. The average Bonchev–Trinajstić information content (AvgIpc) is 2.17. The molecule has 2 rings (SSSR count). The van der Waals surface area contributed by atoms with Crippen molar-refractivity contribution in [3.8, 4) is 0 Å². The Hall–Kier alpha value is -0.120. The highest BCUT2D eigenvalue weighted by Crippen LogP contribution is 2.30. The van der Waals surface area contributed by atoms with Crippen LogP contribution in [0.25, 0.3) is 0 Å². The Morgan fingerprint density at radius 2 is 2.00 bits per heavy atom. The molecule has 3 atom stereocenters. The average molecular weight is 169 g/mol. The second-order valence-corrected chi connectivity index (χ2v) is 4.07. The minimum atomic E-state index is 0.566. The molecular weight excluding hydrogens is 150 g/mol. The van der Waals surface area contributed by atoms with Gasteiger partial charge >= 0.3 is 0 Å². The van der Waals surface area contributed by atoms with Crippen LogP contribution in [-0.2, 0) is 0 Å². The second kappa shape index (κ2) is 3.73. The van der Waals surface area contributed by atoms with Crippen molar-refractivity contribution in [1.29, 1.82) is 0 Å². The van der Waals surface area contributed by atoms with Gasteiger partial charge in [0.05, 0.1) is 0 Å². The molecule has 1 aliphatic heterocycles. The van der Waals surface area contributed by atoms with Crippen molar-refractivity contribution in [3.63, 3.8) is 0 Å². The number of rotatable bonds is 1. The first-order valence-corrected chi connectivity index (χ1v) is 5.11. The summed E-state index contributed by atoms with van der Waals surface area (Å²) in [4.78, 5) is 0. The lowest BCUT2D eigenvalue weighted by atomic mass is 9.77. The second-order valence-electron chi connectivity index (χ2n) is 4.07. The number of nitrogens with one attached hydrogen (secondary N) is 2. The highest BCUT2D eigenvalue weighted by molar-refractivity contribution is 4.92. The lowest BCUT2D eigenvalue weighted by molar-refractivity contribution is 0.162. The third-order valence-corrected chi connectivity index (χ3v) is 3.41. The molecule has 1 heterocycles. The zero-order valence-corrected chi connectivity index (χ0v) is 7.55. The Kier molecular flexibility index (Phi) is 2.63. The Bertz CT molecular complexity index is 140. The van der Waals surface area contributed by atoms with E-state index in [4.69, 9.17) is 5.84 Å². The summed E-state index contributed by atoms with van der Waals surface area (Å²) in [6.07, 6.45) is 6.68. The first-order valence-electron chi connectivity index (χ1n) is 5.11. The van der Waals surface area contributed by atoms with E-state index in [-0.39, 0.29) is 0 Å². The Morgan fingerprint density at radius 1 is 1.17 bits per heavy atom. The van der Waals surface area contributed by atoms with Crippen LogP contribution < -0.4 is 16.6 Å². The molecule has 3 heteroatoms. The first kappa shape index (κ1) is 8.48. The van der Waals surface area contributed by atoms with E-state index >= 15 is 0 Å². The van der Waals surface area contributed by atoms with E-state index in [9.17, 15) is 0 Å². The van der Waals surface area contributed by atoms with Crippen LogP contribution >= 0.6 is 0 Å². The SMILES string of the molecule is NN[C@@H]1CCN[C@@H]2CCCC[C@H]12. The molecule has 1 saturated carbocycles. The van der Waals surface area contributed by atoms with Gasteiger partial charge in [-0.1, -0.05) is 12.8 Å². The summed E-state index contributed by atoms with van der Waals surface area (Å²) in [6, 6.07) is 1.31. The predicted molar refractivity (Wildman–Crippen MR) is 49.5 cm³/mol. The van der Waals surface area contributed by atoms with Crippen molar-refractivity contribution in [2.75, 3.05) is 6.54 Å². The van der Waals surface area contributed by atoms with Crippen LogP contribution in [0.2, 0.25) is 0 Å². The monoisotopic (exact) mass is 169 g/mol. The van der Waals surface area contributed by atoms with Crippen LogP contribution in [0.15, 0.2) is 0 Å². The quantitative estimate of drug-likeness (QED) is 0.393. The molecule has 12 heavy (non-hydrogen) atoms. The van der Waals surface area contributed by atoms with Crippen molar-refractivity contribution in [1.82, 2.24) is 10.7 Å². The molecule has 2 aliphatic rings. The third kappa shape index (κ3) is 1.49. The zero-order chi connectivity index (χ0) is 8.39. The maximum atomic E-state index is 5.53. The van der Waals surface area contributed by atoms with Gasteiger partial charge < -0.3 is 5.32 Å². The number of hydrogen-bond donors (Lipinski definition) is 3. The van der Waals surface area contributed by atoms with Gasteiger partial charge in [0.15, 0.2) is 0 Å². The molecule has 0 unspecified atom stereocenters. The summed E-state index contributed by atoms with van der Waals surface area (Å²) in [6.45, 7) is 1.13.